The van der Waals surface area contributed by atoms with Crippen molar-refractivity contribution in [2.45, 2.75) is 37.1 Å². The van der Waals surface area contributed by atoms with Gasteiger partial charge in [0.25, 0.3) is 0 Å². The maximum atomic E-state index is 12.0. The summed E-state index contributed by atoms with van der Waals surface area (Å²) in [5.74, 6) is 1.85. The van der Waals surface area contributed by atoms with E-state index in [4.69, 9.17) is 21.0 Å². The Morgan fingerprint density at radius 2 is 2.26 bits per heavy atom. The number of ether oxygens (including phenoxy) is 2. The number of terminal acetylenes is 1. The zero-order valence-electron chi connectivity index (χ0n) is 12.0. The fourth-order valence-electron chi connectivity index (χ4n) is 2.15. The van der Waals surface area contributed by atoms with E-state index in [2.05, 4.69) is 31.9 Å². The maximum Gasteiger partial charge on any atom is 0.228 e. The van der Waals surface area contributed by atoms with Gasteiger partial charge in [-0.1, -0.05) is 11.1 Å². The predicted molar refractivity (Wildman–Crippen MR) is 72.4 cm³/mol. The first-order chi connectivity index (χ1) is 11.1. The van der Waals surface area contributed by atoms with Crippen LogP contribution in [0.25, 0.3) is 0 Å². The molecule has 0 saturated carbocycles. The molecule has 5 N–H and O–H groups in total. The lowest BCUT2D eigenvalue weighted by Gasteiger charge is -2.42. The molecule has 0 unspecified atom stereocenters. The monoisotopic (exact) mass is 327 g/mol. The number of aliphatic hydroxyl groups excluding tert-OH is 3. The second-order valence-corrected chi connectivity index (χ2v) is 4.82. The van der Waals surface area contributed by atoms with Gasteiger partial charge in [-0.25, -0.2) is 0 Å². The van der Waals surface area contributed by atoms with E-state index in [0.29, 0.717) is 0 Å². The Kier molecular flexibility index (Phi) is 5.97. The molecular weight excluding hydrogens is 310 g/mol. The van der Waals surface area contributed by atoms with Crippen LogP contribution in [0.1, 0.15) is 5.82 Å². The fourth-order valence-corrected chi connectivity index (χ4v) is 2.15. The second-order valence-electron chi connectivity index (χ2n) is 4.82. The molecular formula is C12H17N5O6. The highest BCUT2D eigenvalue weighted by atomic mass is 16.7. The minimum Gasteiger partial charge on any atom is -0.394 e. The van der Waals surface area contributed by atoms with Crippen molar-refractivity contribution in [1.82, 2.24) is 25.9 Å². The standard InChI is InChI=1S/C12H17N5O6/c1-2-3-22-12-9(11(21)10(20)6(5-18)23-12)13-8(19)4-7-14-16-17-15-7/h1,6,9-12,18,20-21H,3-5H2,(H,13,19)(H,14,15,16,17)/t6-,9+,10-,11-,12+/m1/s1. The summed E-state index contributed by atoms with van der Waals surface area (Å²) in [6.07, 6.45) is -0.0941. The minimum absolute atomic E-state index is 0.136. The largest absolute Gasteiger partial charge is 0.394 e. The number of hydrogen-bond acceptors (Lipinski definition) is 9. The van der Waals surface area contributed by atoms with Crippen LogP contribution < -0.4 is 5.32 Å². The van der Waals surface area contributed by atoms with Gasteiger partial charge < -0.3 is 30.1 Å². The highest BCUT2D eigenvalue weighted by Gasteiger charge is 2.45. The van der Waals surface area contributed by atoms with Crippen LogP contribution >= 0.6 is 0 Å². The molecule has 1 aromatic rings. The van der Waals surface area contributed by atoms with E-state index in [1.54, 1.807) is 0 Å². The van der Waals surface area contributed by atoms with E-state index in [1.807, 2.05) is 0 Å². The van der Waals surface area contributed by atoms with Gasteiger partial charge in [-0.2, -0.15) is 5.21 Å². The molecule has 0 aromatic carbocycles. The first-order valence-electron chi connectivity index (χ1n) is 6.76. The molecule has 1 aromatic heterocycles. The molecule has 1 amide bonds. The van der Waals surface area contributed by atoms with Gasteiger partial charge in [-0.15, -0.1) is 16.6 Å². The van der Waals surface area contributed by atoms with Crippen molar-refractivity contribution in [3.63, 3.8) is 0 Å². The minimum atomic E-state index is -1.42. The van der Waals surface area contributed by atoms with Crippen molar-refractivity contribution >= 4 is 5.91 Å². The summed E-state index contributed by atoms with van der Waals surface area (Å²) in [5.41, 5.74) is 0. The number of amides is 1. The molecule has 0 spiro atoms. The number of hydrogen-bond donors (Lipinski definition) is 5. The van der Waals surface area contributed by atoms with Crippen LogP contribution in [0.2, 0.25) is 0 Å². The van der Waals surface area contributed by atoms with Crippen LogP contribution in [-0.4, -0.2) is 85.7 Å². The van der Waals surface area contributed by atoms with Gasteiger partial charge in [0, 0.05) is 0 Å². The van der Waals surface area contributed by atoms with Gasteiger partial charge in [0.1, 0.15) is 31.0 Å². The zero-order chi connectivity index (χ0) is 16.8. The van der Waals surface area contributed by atoms with Crippen LogP contribution in [0.4, 0.5) is 0 Å². The summed E-state index contributed by atoms with van der Waals surface area (Å²) in [6.45, 7) is -0.666. The highest BCUT2D eigenvalue weighted by Crippen LogP contribution is 2.22. The van der Waals surface area contributed by atoms with E-state index < -0.39 is 43.2 Å². The molecule has 1 fully saturated rings. The van der Waals surface area contributed by atoms with Crippen LogP contribution in [0, 0.1) is 12.3 Å². The maximum absolute atomic E-state index is 12.0. The lowest BCUT2D eigenvalue weighted by Crippen LogP contribution is -2.64. The summed E-state index contributed by atoms with van der Waals surface area (Å²) >= 11 is 0. The third-order valence-corrected chi connectivity index (χ3v) is 3.25. The Labute approximate surface area is 131 Å². The third-order valence-electron chi connectivity index (χ3n) is 3.25. The molecule has 2 heterocycles. The lowest BCUT2D eigenvalue weighted by atomic mass is 9.97. The Balaban J connectivity index is 2.04. The summed E-state index contributed by atoms with van der Waals surface area (Å²) in [6, 6.07) is -1.08. The van der Waals surface area contributed by atoms with Gasteiger partial charge in [0.2, 0.25) is 5.91 Å². The first-order valence-corrected chi connectivity index (χ1v) is 6.76. The molecule has 11 heteroatoms. The van der Waals surface area contributed by atoms with Crippen molar-refractivity contribution in [3.8, 4) is 12.3 Å². The van der Waals surface area contributed by atoms with E-state index >= 15 is 0 Å². The number of H-pyrrole nitrogens is 1. The Hall–Kier alpha value is -2.10. The molecule has 2 rings (SSSR count). The average Bonchev–Trinajstić information content (AvgIpc) is 3.04. The van der Waals surface area contributed by atoms with Crippen molar-refractivity contribution < 1.29 is 29.6 Å². The Morgan fingerprint density at radius 1 is 1.48 bits per heavy atom. The molecule has 0 bridgehead atoms. The van der Waals surface area contributed by atoms with E-state index in [-0.39, 0.29) is 18.9 Å². The van der Waals surface area contributed by atoms with Gasteiger partial charge in [-0.05, 0) is 0 Å². The van der Waals surface area contributed by atoms with Gasteiger partial charge in [0.05, 0.1) is 13.0 Å². The van der Waals surface area contributed by atoms with Crippen LogP contribution in [0.3, 0.4) is 0 Å². The molecule has 1 saturated heterocycles. The predicted octanol–water partition coefficient (Wildman–Crippen LogP) is -3.68. The molecule has 1 aliphatic rings. The van der Waals surface area contributed by atoms with Crippen molar-refractivity contribution in [1.29, 1.82) is 0 Å². The molecule has 0 aliphatic carbocycles. The number of carbonyl (C=O) groups is 1. The van der Waals surface area contributed by atoms with E-state index in [0.717, 1.165) is 0 Å². The quantitative estimate of drug-likeness (QED) is 0.331. The van der Waals surface area contributed by atoms with Crippen molar-refractivity contribution in [2.75, 3.05) is 13.2 Å². The fraction of sp³-hybridized carbons (Fsp3) is 0.667. The van der Waals surface area contributed by atoms with E-state index in [9.17, 15) is 15.0 Å². The summed E-state index contributed by atoms with van der Waals surface area (Å²) in [7, 11) is 0. The Morgan fingerprint density at radius 3 is 2.87 bits per heavy atom. The normalized spacial score (nSPS) is 30.6. The molecule has 23 heavy (non-hydrogen) atoms. The van der Waals surface area contributed by atoms with Crippen molar-refractivity contribution in [2.24, 2.45) is 0 Å². The van der Waals surface area contributed by atoms with Gasteiger partial charge >= 0.3 is 0 Å². The highest BCUT2D eigenvalue weighted by molar-refractivity contribution is 5.78. The number of aromatic amines is 1. The van der Waals surface area contributed by atoms with Gasteiger partial charge in [0.15, 0.2) is 12.1 Å². The zero-order valence-corrected chi connectivity index (χ0v) is 12.0. The van der Waals surface area contributed by atoms with Gasteiger partial charge in [-0.3, -0.25) is 4.79 Å². The number of aliphatic hydroxyl groups is 3. The van der Waals surface area contributed by atoms with Crippen molar-refractivity contribution in [3.05, 3.63) is 5.82 Å². The molecule has 5 atom stereocenters. The van der Waals surface area contributed by atoms with E-state index in [1.165, 1.54) is 0 Å². The number of rotatable bonds is 6. The third kappa shape index (κ3) is 4.21. The summed E-state index contributed by atoms with van der Waals surface area (Å²) < 4.78 is 10.6. The number of tetrazole rings is 1. The number of carbonyl (C=O) groups excluding carboxylic acids is 1. The molecule has 0 radical (unpaired) electrons. The molecule has 11 nitrogen and oxygen atoms in total. The van der Waals surface area contributed by atoms with Crippen LogP contribution in [-0.2, 0) is 20.7 Å². The van der Waals surface area contributed by atoms with Crippen LogP contribution in [0.5, 0.6) is 0 Å². The number of nitrogens with zero attached hydrogens (tertiary/aromatic N) is 3. The SMILES string of the molecule is C#CCO[C@H]1O[C@H](CO)[C@@H](O)[C@H](O)[C@@H]1NC(=O)Cc1nn[nH]n1. The topological polar surface area (TPSA) is 163 Å². The molecule has 1 aliphatic heterocycles. The Bertz CT molecular complexity index is 547. The summed E-state index contributed by atoms with van der Waals surface area (Å²) in [5, 5.41) is 44.5. The second kappa shape index (κ2) is 7.95. The lowest BCUT2D eigenvalue weighted by molar-refractivity contribution is -0.266. The number of aromatic nitrogens is 4. The molecule has 126 valence electrons. The van der Waals surface area contributed by atoms with Crippen LogP contribution in [0.15, 0.2) is 0 Å². The average molecular weight is 327 g/mol. The summed E-state index contributed by atoms with van der Waals surface area (Å²) in [4.78, 5) is 12.0. The number of nitrogens with one attached hydrogen (secondary N) is 2. The smallest absolute Gasteiger partial charge is 0.228 e. The first kappa shape index (κ1) is 17.3.